The van der Waals surface area contributed by atoms with Gasteiger partial charge in [0, 0.05) is 5.41 Å². The van der Waals surface area contributed by atoms with E-state index >= 15 is 0 Å². The molecule has 4 aliphatic rings. The van der Waals surface area contributed by atoms with Crippen LogP contribution in [0.3, 0.4) is 0 Å². The summed E-state index contributed by atoms with van der Waals surface area (Å²) in [5.74, 6) is 3.11. The van der Waals surface area contributed by atoms with Gasteiger partial charge in [-0.2, -0.15) is 12.6 Å². The Morgan fingerprint density at radius 2 is 1.91 bits per heavy atom. The maximum absolute atomic E-state index is 10.5. The highest BCUT2D eigenvalue weighted by Gasteiger charge is 2.59. The number of fused-ring (bicyclic) bond motifs is 5. The van der Waals surface area contributed by atoms with Gasteiger partial charge in [-0.15, -0.1) is 0 Å². The van der Waals surface area contributed by atoms with Gasteiger partial charge >= 0.3 is 0 Å². The standard InChI is InChI=1S/C19H30O2S/c1-18-8-7-16-14(15(18)4-5-17(18)21)3-2-12-10-13(20)6-9-19(12,16)11-22/h10,13-17,20-22H,2-9,11H2,1H3/t13?,14-,15-,16+,17?,18-,19+/m0/s1. The van der Waals surface area contributed by atoms with E-state index in [1.807, 2.05) is 0 Å². The second kappa shape index (κ2) is 5.26. The zero-order valence-corrected chi connectivity index (χ0v) is 14.6. The van der Waals surface area contributed by atoms with Crippen molar-refractivity contribution in [2.24, 2.45) is 28.6 Å². The Morgan fingerprint density at radius 3 is 2.68 bits per heavy atom. The second-order valence-electron chi connectivity index (χ2n) is 8.67. The van der Waals surface area contributed by atoms with Gasteiger partial charge in [0.25, 0.3) is 0 Å². The molecule has 7 atom stereocenters. The number of rotatable bonds is 1. The summed E-state index contributed by atoms with van der Waals surface area (Å²) in [6.07, 6.45) is 10.9. The molecule has 4 rings (SSSR count). The van der Waals surface area contributed by atoms with Crippen molar-refractivity contribution >= 4 is 12.6 Å². The van der Waals surface area contributed by atoms with Crippen molar-refractivity contribution in [2.45, 2.75) is 70.5 Å². The average molecular weight is 323 g/mol. The van der Waals surface area contributed by atoms with Gasteiger partial charge in [0.05, 0.1) is 12.2 Å². The third-order valence-corrected chi connectivity index (χ3v) is 8.61. The van der Waals surface area contributed by atoms with Gasteiger partial charge in [-0.05, 0) is 80.3 Å². The molecular weight excluding hydrogens is 292 g/mol. The van der Waals surface area contributed by atoms with Crippen LogP contribution in [-0.2, 0) is 0 Å². The Morgan fingerprint density at radius 1 is 1.09 bits per heavy atom. The zero-order chi connectivity index (χ0) is 15.5. The van der Waals surface area contributed by atoms with Crippen molar-refractivity contribution in [3.63, 3.8) is 0 Å². The first-order valence-corrected chi connectivity index (χ1v) is 9.83. The van der Waals surface area contributed by atoms with Crippen LogP contribution in [0, 0.1) is 28.6 Å². The quantitative estimate of drug-likeness (QED) is 0.510. The number of hydrogen-bond donors (Lipinski definition) is 3. The van der Waals surface area contributed by atoms with E-state index in [2.05, 4.69) is 13.0 Å². The Kier molecular flexibility index (Phi) is 3.71. The highest BCUT2D eigenvalue weighted by Crippen LogP contribution is 2.65. The lowest BCUT2D eigenvalue weighted by atomic mass is 9.47. The molecule has 0 aliphatic heterocycles. The first-order chi connectivity index (χ1) is 10.5. The van der Waals surface area contributed by atoms with E-state index in [4.69, 9.17) is 12.6 Å². The van der Waals surface area contributed by atoms with Crippen LogP contribution >= 0.6 is 12.6 Å². The van der Waals surface area contributed by atoms with E-state index in [0.29, 0.717) is 5.92 Å². The number of aliphatic hydroxyl groups is 2. The van der Waals surface area contributed by atoms with Gasteiger partial charge in [-0.1, -0.05) is 18.6 Å². The predicted octanol–water partition coefficient (Wildman–Crippen LogP) is 3.58. The second-order valence-corrected chi connectivity index (χ2v) is 8.98. The number of aliphatic hydroxyl groups excluding tert-OH is 2. The van der Waals surface area contributed by atoms with Crippen LogP contribution in [0.15, 0.2) is 11.6 Å². The molecule has 0 aromatic heterocycles. The lowest BCUT2D eigenvalue weighted by Crippen LogP contribution is -2.53. The molecule has 2 unspecified atom stereocenters. The van der Waals surface area contributed by atoms with Gasteiger partial charge < -0.3 is 10.2 Å². The predicted molar refractivity (Wildman–Crippen MR) is 91.9 cm³/mol. The molecule has 0 bridgehead atoms. The number of thiol groups is 1. The van der Waals surface area contributed by atoms with Gasteiger partial charge in [0.15, 0.2) is 0 Å². The molecule has 0 spiro atoms. The van der Waals surface area contributed by atoms with Crippen LogP contribution in [0.2, 0.25) is 0 Å². The lowest BCUT2D eigenvalue weighted by Gasteiger charge is -2.59. The summed E-state index contributed by atoms with van der Waals surface area (Å²) < 4.78 is 0. The summed E-state index contributed by atoms with van der Waals surface area (Å²) in [6, 6.07) is 0. The minimum Gasteiger partial charge on any atom is -0.393 e. The SMILES string of the molecule is C[C@]12CC[C@@H]3[C@@H](CCC4=CC(O)CC[C@@]43CS)[C@@H]1CCC2O. The topological polar surface area (TPSA) is 40.5 Å². The van der Waals surface area contributed by atoms with E-state index in [1.165, 1.54) is 31.3 Å². The van der Waals surface area contributed by atoms with Crippen LogP contribution in [0.4, 0.5) is 0 Å². The molecule has 0 heterocycles. The molecular formula is C19H30O2S. The van der Waals surface area contributed by atoms with Crippen molar-refractivity contribution in [1.82, 2.24) is 0 Å². The Hall–Kier alpha value is 0.01000. The van der Waals surface area contributed by atoms with E-state index in [1.54, 1.807) is 0 Å². The first-order valence-electron chi connectivity index (χ1n) is 9.19. The molecule has 0 saturated heterocycles. The van der Waals surface area contributed by atoms with Crippen molar-refractivity contribution in [3.05, 3.63) is 11.6 Å². The van der Waals surface area contributed by atoms with E-state index < -0.39 is 0 Å². The largest absolute Gasteiger partial charge is 0.393 e. The molecule has 2 nitrogen and oxygen atoms in total. The molecule has 124 valence electrons. The summed E-state index contributed by atoms with van der Waals surface area (Å²) in [5, 5.41) is 20.5. The number of hydrogen-bond acceptors (Lipinski definition) is 3. The Labute approximate surface area is 139 Å². The van der Waals surface area contributed by atoms with Gasteiger partial charge in [0.1, 0.15) is 0 Å². The summed E-state index contributed by atoms with van der Waals surface area (Å²) in [5.41, 5.74) is 1.90. The molecule has 2 N–H and O–H groups in total. The minimum absolute atomic E-state index is 0.0875. The third kappa shape index (κ3) is 1.94. The summed E-state index contributed by atoms with van der Waals surface area (Å²) in [7, 11) is 0. The van der Waals surface area contributed by atoms with E-state index in [9.17, 15) is 10.2 Å². The Balaban J connectivity index is 1.70. The lowest BCUT2D eigenvalue weighted by molar-refractivity contribution is -0.0748. The third-order valence-electron chi connectivity index (χ3n) is 8.05. The molecule has 0 radical (unpaired) electrons. The fourth-order valence-electron chi connectivity index (χ4n) is 6.77. The minimum atomic E-state index is -0.235. The van der Waals surface area contributed by atoms with Crippen molar-refractivity contribution < 1.29 is 10.2 Å². The first kappa shape index (κ1) is 15.5. The smallest absolute Gasteiger partial charge is 0.0724 e. The van der Waals surface area contributed by atoms with Crippen molar-refractivity contribution in [3.8, 4) is 0 Å². The van der Waals surface area contributed by atoms with Gasteiger partial charge in [-0.3, -0.25) is 0 Å². The maximum atomic E-state index is 10.5. The molecule has 3 fully saturated rings. The van der Waals surface area contributed by atoms with E-state index in [-0.39, 0.29) is 23.0 Å². The average Bonchev–Trinajstić information content (AvgIpc) is 2.82. The zero-order valence-electron chi connectivity index (χ0n) is 13.7. The number of allylic oxidation sites excluding steroid dienone is 1. The molecule has 3 saturated carbocycles. The van der Waals surface area contributed by atoms with E-state index in [0.717, 1.165) is 43.3 Å². The fraction of sp³-hybridized carbons (Fsp3) is 0.895. The molecule has 4 aliphatic carbocycles. The highest BCUT2D eigenvalue weighted by atomic mass is 32.1. The van der Waals surface area contributed by atoms with Crippen LogP contribution in [0.1, 0.15) is 58.3 Å². The van der Waals surface area contributed by atoms with Crippen LogP contribution in [0.25, 0.3) is 0 Å². The fourth-order valence-corrected chi connectivity index (χ4v) is 7.37. The molecule has 0 aromatic carbocycles. The van der Waals surface area contributed by atoms with Gasteiger partial charge in [-0.25, -0.2) is 0 Å². The van der Waals surface area contributed by atoms with Crippen LogP contribution in [-0.4, -0.2) is 28.2 Å². The summed E-state index contributed by atoms with van der Waals surface area (Å²) >= 11 is 4.79. The maximum Gasteiger partial charge on any atom is 0.0724 e. The monoisotopic (exact) mass is 322 g/mol. The normalized spacial score (nSPS) is 54.2. The molecule has 3 heteroatoms. The summed E-state index contributed by atoms with van der Waals surface area (Å²) in [4.78, 5) is 0. The molecule has 0 amide bonds. The van der Waals surface area contributed by atoms with Gasteiger partial charge in [0.2, 0.25) is 0 Å². The van der Waals surface area contributed by atoms with Crippen LogP contribution < -0.4 is 0 Å². The molecule has 0 aromatic rings. The highest BCUT2D eigenvalue weighted by molar-refractivity contribution is 7.80. The Bertz CT molecular complexity index is 490. The summed E-state index contributed by atoms with van der Waals surface area (Å²) in [6.45, 7) is 2.34. The molecule has 22 heavy (non-hydrogen) atoms. The van der Waals surface area contributed by atoms with Crippen LogP contribution in [0.5, 0.6) is 0 Å². The van der Waals surface area contributed by atoms with Crippen molar-refractivity contribution in [2.75, 3.05) is 5.75 Å². The van der Waals surface area contributed by atoms with Crippen molar-refractivity contribution in [1.29, 1.82) is 0 Å².